The van der Waals surface area contributed by atoms with E-state index in [1.807, 2.05) is 37.3 Å². The van der Waals surface area contributed by atoms with Gasteiger partial charge in [0.15, 0.2) is 5.16 Å². The van der Waals surface area contributed by atoms with Crippen LogP contribution in [-0.4, -0.2) is 26.4 Å². The molecule has 0 saturated heterocycles. The molecule has 0 unspecified atom stereocenters. The summed E-state index contributed by atoms with van der Waals surface area (Å²) in [7, 11) is 0. The highest BCUT2D eigenvalue weighted by Crippen LogP contribution is 2.28. The first kappa shape index (κ1) is 20.6. The Hall–Kier alpha value is -2.08. The zero-order valence-corrected chi connectivity index (χ0v) is 17.5. The molecular weight excluding hydrogens is 368 g/mol. The number of nitrogens with one attached hydrogen (secondary N) is 1. The molecule has 0 atom stereocenters. The fraction of sp³-hybridized carbons (Fsp3) is 0.500. The number of para-hydroxylation sites is 1. The Morgan fingerprint density at radius 3 is 2.82 bits per heavy atom. The first-order valence-corrected chi connectivity index (χ1v) is 11.2. The standard InChI is InChI=1S/C22H30N4OS/c1-3-15-26-20(14-13-18-10-5-4-6-11-18)24-25-22(26)28-16-21(27)23-19-12-8-7-9-17(19)2/h3,7-9,12,18H,1,4-6,10-11,13-16H2,2H3,(H,23,27). The van der Waals surface area contributed by atoms with E-state index in [0.717, 1.165) is 34.6 Å². The van der Waals surface area contributed by atoms with Gasteiger partial charge in [-0.25, -0.2) is 0 Å². The van der Waals surface area contributed by atoms with Gasteiger partial charge in [0, 0.05) is 18.7 Å². The van der Waals surface area contributed by atoms with Crippen molar-refractivity contribution in [3.63, 3.8) is 0 Å². The number of thioether (sulfide) groups is 1. The van der Waals surface area contributed by atoms with Gasteiger partial charge in [-0.2, -0.15) is 0 Å². The molecule has 1 aliphatic carbocycles. The molecule has 1 amide bonds. The molecule has 1 fully saturated rings. The number of carbonyl (C=O) groups excluding carboxylic acids is 1. The molecule has 150 valence electrons. The van der Waals surface area contributed by atoms with E-state index >= 15 is 0 Å². The Bertz CT molecular complexity index is 796. The maximum absolute atomic E-state index is 12.3. The van der Waals surface area contributed by atoms with Crippen LogP contribution in [0.25, 0.3) is 0 Å². The van der Waals surface area contributed by atoms with Crippen LogP contribution in [0.3, 0.4) is 0 Å². The molecular formula is C22H30N4OS. The van der Waals surface area contributed by atoms with Gasteiger partial charge in [0.05, 0.1) is 5.75 Å². The number of hydrogen-bond acceptors (Lipinski definition) is 4. The van der Waals surface area contributed by atoms with Gasteiger partial charge in [-0.3, -0.25) is 4.79 Å². The summed E-state index contributed by atoms with van der Waals surface area (Å²) in [6.45, 7) is 6.53. The van der Waals surface area contributed by atoms with E-state index in [9.17, 15) is 4.79 Å². The van der Waals surface area contributed by atoms with Crippen LogP contribution in [0.15, 0.2) is 42.1 Å². The van der Waals surface area contributed by atoms with Crippen LogP contribution in [0.2, 0.25) is 0 Å². The highest BCUT2D eigenvalue weighted by molar-refractivity contribution is 7.99. The lowest BCUT2D eigenvalue weighted by molar-refractivity contribution is -0.113. The van der Waals surface area contributed by atoms with Gasteiger partial charge in [0.2, 0.25) is 5.91 Å². The average molecular weight is 399 g/mol. The van der Waals surface area contributed by atoms with Crippen molar-refractivity contribution in [3.05, 3.63) is 48.3 Å². The number of hydrogen-bond donors (Lipinski definition) is 1. The van der Waals surface area contributed by atoms with Gasteiger partial charge >= 0.3 is 0 Å². The van der Waals surface area contributed by atoms with Crippen LogP contribution in [0.4, 0.5) is 5.69 Å². The molecule has 6 heteroatoms. The normalized spacial score (nSPS) is 14.8. The minimum absolute atomic E-state index is 0.0313. The lowest BCUT2D eigenvalue weighted by atomic mass is 9.86. The molecule has 2 aromatic rings. The maximum Gasteiger partial charge on any atom is 0.234 e. The topological polar surface area (TPSA) is 59.8 Å². The van der Waals surface area contributed by atoms with Crippen LogP contribution in [0.1, 0.15) is 49.9 Å². The van der Waals surface area contributed by atoms with E-state index in [0.29, 0.717) is 12.3 Å². The van der Waals surface area contributed by atoms with E-state index < -0.39 is 0 Å². The van der Waals surface area contributed by atoms with Gasteiger partial charge in [-0.05, 0) is 30.9 Å². The van der Waals surface area contributed by atoms with Crippen molar-refractivity contribution in [2.75, 3.05) is 11.1 Å². The van der Waals surface area contributed by atoms with Crippen molar-refractivity contribution in [2.45, 2.75) is 63.6 Å². The third-order valence-corrected chi connectivity index (χ3v) is 6.32. The third-order valence-electron chi connectivity index (χ3n) is 5.36. The van der Waals surface area contributed by atoms with Gasteiger partial charge in [0.25, 0.3) is 0 Å². The molecule has 1 heterocycles. The SMILES string of the molecule is C=CCn1c(CCC2CCCCC2)nnc1SCC(=O)Nc1ccccc1C. The summed E-state index contributed by atoms with van der Waals surface area (Å²) in [5.74, 6) is 2.11. The van der Waals surface area contributed by atoms with E-state index in [2.05, 4.69) is 26.7 Å². The Labute approximate surface area is 172 Å². The van der Waals surface area contributed by atoms with Crippen LogP contribution in [0, 0.1) is 12.8 Å². The summed E-state index contributed by atoms with van der Waals surface area (Å²) in [6.07, 6.45) is 10.8. The van der Waals surface area contributed by atoms with Crippen molar-refractivity contribution in [1.29, 1.82) is 0 Å². The maximum atomic E-state index is 12.3. The number of aromatic nitrogens is 3. The summed E-state index contributed by atoms with van der Waals surface area (Å²) in [5.41, 5.74) is 1.91. The van der Waals surface area contributed by atoms with Crippen LogP contribution < -0.4 is 5.32 Å². The van der Waals surface area contributed by atoms with Crippen LogP contribution in [-0.2, 0) is 17.8 Å². The predicted molar refractivity (Wildman–Crippen MR) is 116 cm³/mol. The molecule has 0 radical (unpaired) electrons. The highest BCUT2D eigenvalue weighted by Gasteiger charge is 2.17. The fourth-order valence-electron chi connectivity index (χ4n) is 3.76. The molecule has 3 rings (SSSR count). The Balaban J connectivity index is 1.56. The number of allylic oxidation sites excluding steroid dienone is 1. The molecule has 1 aliphatic rings. The molecule has 1 saturated carbocycles. The zero-order chi connectivity index (χ0) is 19.8. The van der Waals surface area contributed by atoms with Gasteiger partial charge in [-0.15, -0.1) is 16.8 Å². The summed E-state index contributed by atoms with van der Waals surface area (Å²) in [4.78, 5) is 12.3. The minimum Gasteiger partial charge on any atom is -0.325 e. The van der Waals surface area contributed by atoms with Crippen LogP contribution in [0.5, 0.6) is 0 Å². The number of benzene rings is 1. The largest absolute Gasteiger partial charge is 0.325 e. The molecule has 1 aromatic heterocycles. The highest BCUT2D eigenvalue weighted by atomic mass is 32.2. The lowest BCUT2D eigenvalue weighted by Crippen LogP contribution is -2.15. The molecule has 5 nitrogen and oxygen atoms in total. The Kier molecular flexibility index (Phi) is 7.71. The van der Waals surface area contributed by atoms with Gasteiger partial charge < -0.3 is 9.88 Å². The zero-order valence-electron chi connectivity index (χ0n) is 16.7. The van der Waals surface area contributed by atoms with Gasteiger partial charge in [-0.1, -0.05) is 68.1 Å². The number of rotatable bonds is 9. The van der Waals surface area contributed by atoms with Crippen molar-refractivity contribution < 1.29 is 4.79 Å². The molecule has 0 bridgehead atoms. The van der Waals surface area contributed by atoms with Crippen LogP contribution >= 0.6 is 11.8 Å². The summed E-state index contributed by atoms with van der Waals surface area (Å²) < 4.78 is 2.10. The smallest absolute Gasteiger partial charge is 0.234 e. The number of amides is 1. The van der Waals surface area contributed by atoms with Crippen molar-refractivity contribution in [1.82, 2.24) is 14.8 Å². The Morgan fingerprint density at radius 1 is 1.29 bits per heavy atom. The quantitative estimate of drug-likeness (QED) is 0.476. The summed E-state index contributed by atoms with van der Waals surface area (Å²) in [6, 6.07) is 7.80. The third kappa shape index (κ3) is 5.71. The molecule has 1 aromatic carbocycles. The lowest BCUT2D eigenvalue weighted by Gasteiger charge is -2.21. The van der Waals surface area contributed by atoms with Crippen molar-refractivity contribution in [2.24, 2.45) is 5.92 Å². The van der Waals surface area contributed by atoms with Crippen molar-refractivity contribution >= 4 is 23.4 Å². The van der Waals surface area contributed by atoms with Gasteiger partial charge in [0.1, 0.15) is 5.82 Å². The summed E-state index contributed by atoms with van der Waals surface area (Å²) >= 11 is 1.43. The van der Waals surface area contributed by atoms with E-state index in [1.165, 1.54) is 50.3 Å². The fourth-order valence-corrected chi connectivity index (χ4v) is 4.53. The molecule has 28 heavy (non-hydrogen) atoms. The second-order valence-electron chi connectivity index (χ2n) is 7.49. The molecule has 0 spiro atoms. The first-order valence-electron chi connectivity index (χ1n) is 10.2. The molecule has 1 N–H and O–H groups in total. The van der Waals surface area contributed by atoms with Crippen molar-refractivity contribution in [3.8, 4) is 0 Å². The monoisotopic (exact) mass is 398 g/mol. The Morgan fingerprint density at radius 2 is 2.07 bits per heavy atom. The summed E-state index contributed by atoms with van der Waals surface area (Å²) in [5, 5.41) is 12.5. The number of carbonyl (C=O) groups is 1. The average Bonchev–Trinajstić information content (AvgIpc) is 3.09. The van der Waals surface area contributed by atoms with E-state index in [-0.39, 0.29) is 5.91 Å². The number of nitrogens with zero attached hydrogens (tertiary/aromatic N) is 3. The first-order chi connectivity index (χ1) is 13.7. The second kappa shape index (κ2) is 10.5. The predicted octanol–water partition coefficient (Wildman–Crippen LogP) is 5.02. The second-order valence-corrected chi connectivity index (χ2v) is 8.44. The van der Waals surface area contributed by atoms with E-state index in [4.69, 9.17) is 0 Å². The van der Waals surface area contributed by atoms with E-state index in [1.54, 1.807) is 0 Å². The molecule has 0 aliphatic heterocycles. The minimum atomic E-state index is -0.0313. The number of anilines is 1. The number of aryl methyl sites for hydroxylation is 2.